The molecule has 1 heterocycles. The highest BCUT2D eigenvalue weighted by Gasteiger charge is 2.40. The molecule has 0 aliphatic rings. The molecule has 0 saturated heterocycles. The Morgan fingerprint density at radius 1 is 1.12 bits per heavy atom. The van der Waals surface area contributed by atoms with Gasteiger partial charge in [-0.25, -0.2) is 13.6 Å². The quantitative estimate of drug-likeness (QED) is 0.418. The van der Waals surface area contributed by atoms with E-state index in [0.29, 0.717) is 18.2 Å². The van der Waals surface area contributed by atoms with Gasteiger partial charge in [-0.3, -0.25) is 14.5 Å². The summed E-state index contributed by atoms with van der Waals surface area (Å²) in [6.45, 7) is 4.22. The molecule has 168 valence electrons. The van der Waals surface area contributed by atoms with Crippen LogP contribution in [0.1, 0.15) is 37.9 Å². The first-order chi connectivity index (χ1) is 15.1. The molecule has 2 N–H and O–H groups in total. The monoisotopic (exact) mass is 442 g/mol. The van der Waals surface area contributed by atoms with Crippen LogP contribution in [0.4, 0.5) is 20.3 Å². The molecule has 0 spiro atoms. The van der Waals surface area contributed by atoms with Gasteiger partial charge in [0.1, 0.15) is 11.6 Å². The molecule has 0 aliphatic carbocycles. The standard InChI is InChI=1S/C23H24F2N4O3/c1-14(17-7-5-4-6-8-17)11-19-13-22(28-27-19)26-23(31)15(2)29(32,16(3)30)21-10-9-18(24)12-20(21)25/h4-10,12-15H,11H2,1-3H3,(H2,26,27,28,31)/t14?,15-,29?/m0/s1. The average Bonchev–Trinajstić information content (AvgIpc) is 3.19. The highest BCUT2D eigenvalue weighted by molar-refractivity contribution is 6.01. The third kappa shape index (κ3) is 4.74. The number of rotatable bonds is 7. The molecule has 3 atom stereocenters. The van der Waals surface area contributed by atoms with Crippen molar-refractivity contribution in [1.29, 1.82) is 0 Å². The van der Waals surface area contributed by atoms with Crippen molar-refractivity contribution in [1.82, 2.24) is 14.8 Å². The van der Waals surface area contributed by atoms with E-state index in [2.05, 4.69) is 22.4 Å². The molecule has 0 bridgehead atoms. The van der Waals surface area contributed by atoms with E-state index in [1.165, 1.54) is 6.92 Å². The Bertz CT molecular complexity index is 1120. The first-order valence-corrected chi connectivity index (χ1v) is 10.1. The number of aromatic amines is 1. The second-order valence-corrected chi connectivity index (χ2v) is 7.73. The predicted molar refractivity (Wildman–Crippen MR) is 117 cm³/mol. The zero-order valence-corrected chi connectivity index (χ0v) is 17.9. The van der Waals surface area contributed by atoms with E-state index in [0.717, 1.165) is 24.6 Å². The maximum absolute atomic E-state index is 14.3. The fourth-order valence-electron chi connectivity index (χ4n) is 3.55. The molecule has 0 radical (unpaired) electrons. The van der Waals surface area contributed by atoms with Gasteiger partial charge in [-0.1, -0.05) is 37.3 Å². The first kappa shape index (κ1) is 23.2. The molecule has 0 saturated carbocycles. The Morgan fingerprint density at radius 2 is 1.81 bits per heavy atom. The zero-order valence-electron chi connectivity index (χ0n) is 17.9. The maximum atomic E-state index is 14.3. The van der Waals surface area contributed by atoms with Gasteiger partial charge in [-0.15, -0.1) is 0 Å². The number of amides is 2. The fraction of sp³-hybridized carbons (Fsp3) is 0.261. The Hall–Kier alpha value is -3.43. The van der Waals surface area contributed by atoms with Crippen molar-refractivity contribution >= 4 is 23.3 Å². The van der Waals surface area contributed by atoms with Crippen LogP contribution in [0.25, 0.3) is 0 Å². The summed E-state index contributed by atoms with van der Waals surface area (Å²) in [4.78, 5) is 24.9. The van der Waals surface area contributed by atoms with Crippen LogP contribution in [0.15, 0.2) is 54.6 Å². The number of carbonyl (C=O) groups is 2. The minimum atomic E-state index is -1.90. The van der Waals surface area contributed by atoms with E-state index in [-0.39, 0.29) is 11.7 Å². The molecule has 2 amide bonds. The van der Waals surface area contributed by atoms with Crippen molar-refractivity contribution in [2.24, 2.45) is 0 Å². The number of carbonyl (C=O) groups excluding carboxylic acids is 2. The number of hydrogen-bond donors (Lipinski definition) is 2. The molecule has 0 aliphatic heterocycles. The number of anilines is 1. The third-order valence-electron chi connectivity index (χ3n) is 5.43. The van der Waals surface area contributed by atoms with Gasteiger partial charge in [-0.2, -0.15) is 5.10 Å². The molecular formula is C23H24F2N4O3. The smallest absolute Gasteiger partial charge is 0.316 e. The van der Waals surface area contributed by atoms with Gasteiger partial charge in [0.15, 0.2) is 17.5 Å². The lowest BCUT2D eigenvalue weighted by Crippen LogP contribution is -2.59. The van der Waals surface area contributed by atoms with Crippen molar-refractivity contribution in [3.63, 3.8) is 0 Å². The van der Waals surface area contributed by atoms with Crippen LogP contribution in [-0.2, 0) is 16.0 Å². The molecule has 2 unspecified atom stereocenters. The lowest BCUT2D eigenvalue weighted by molar-refractivity contribution is -0.132. The number of halogens is 2. The fourth-order valence-corrected chi connectivity index (χ4v) is 3.55. The van der Waals surface area contributed by atoms with Gasteiger partial charge in [0, 0.05) is 18.2 Å². The summed E-state index contributed by atoms with van der Waals surface area (Å²) in [5, 5.41) is 22.7. The van der Waals surface area contributed by atoms with E-state index in [1.54, 1.807) is 6.07 Å². The number of hydrogen-bond acceptors (Lipinski definition) is 4. The maximum Gasteiger partial charge on any atom is 0.316 e. The summed E-state index contributed by atoms with van der Waals surface area (Å²) in [6.07, 6.45) is 0.613. The number of nitrogens with zero attached hydrogens (tertiary/aromatic N) is 2. The van der Waals surface area contributed by atoms with E-state index in [9.17, 15) is 23.6 Å². The summed E-state index contributed by atoms with van der Waals surface area (Å²) in [5.74, 6) is -3.49. The number of nitrogens with one attached hydrogen (secondary N) is 2. The highest BCUT2D eigenvalue weighted by atomic mass is 19.1. The van der Waals surface area contributed by atoms with Crippen LogP contribution in [0.5, 0.6) is 0 Å². The second kappa shape index (κ2) is 9.37. The predicted octanol–water partition coefficient (Wildman–Crippen LogP) is 4.41. The lowest BCUT2D eigenvalue weighted by Gasteiger charge is -2.42. The largest absolute Gasteiger partial charge is 0.619 e. The lowest BCUT2D eigenvalue weighted by atomic mass is 9.96. The molecular weight excluding hydrogens is 418 g/mol. The van der Waals surface area contributed by atoms with E-state index < -0.39 is 39.8 Å². The average molecular weight is 442 g/mol. The zero-order chi connectivity index (χ0) is 23.5. The number of benzene rings is 2. The van der Waals surface area contributed by atoms with E-state index in [1.807, 2.05) is 30.3 Å². The number of quaternary nitrogens is 1. The summed E-state index contributed by atoms with van der Waals surface area (Å²) in [7, 11) is 0. The molecule has 32 heavy (non-hydrogen) atoms. The number of aromatic nitrogens is 2. The van der Waals surface area contributed by atoms with Gasteiger partial charge in [0.2, 0.25) is 0 Å². The number of hydroxylamine groups is 2. The molecule has 3 rings (SSSR count). The van der Waals surface area contributed by atoms with Crippen molar-refractivity contribution in [2.75, 3.05) is 5.32 Å². The topological polar surface area (TPSA) is 97.9 Å². The highest BCUT2D eigenvalue weighted by Crippen LogP contribution is 2.30. The SMILES string of the molecule is CC(=O)[N+]([O-])(c1ccc(F)cc1F)[C@@H](C)C(=O)Nc1cc(CC(C)c2ccccc2)n[nH]1. The second-order valence-electron chi connectivity index (χ2n) is 7.73. The molecule has 1 aromatic heterocycles. The summed E-state index contributed by atoms with van der Waals surface area (Å²) in [5.41, 5.74) is 1.21. The van der Waals surface area contributed by atoms with Crippen LogP contribution >= 0.6 is 0 Å². The van der Waals surface area contributed by atoms with Crippen molar-refractivity contribution < 1.29 is 18.4 Å². The van der Waals surface area contributed by atoms with Crippen LogP contribution < -0.4 is 9.96 Å². The van der Waals surface area contributed by atoms with Gasteiger partial charge in [0.25, 0.3) is 5.91 Å². The molecule has 9 heteroatoms. The number of H-pyrrole nitrogens is 1. The summed E-state index contributed by atoms with van der Waals surface area (Å²) < 4.78 is 25.6. The summed E-state index contributed by atoms with van der Waals surface area (Å²) >= 11 is 0. The normalized spacial score (nSPS) is 14.9. The van der Waals surface area contributed by atoms with Crippen LogP contribution in [0.2, 0.25) is 0 Å². The Balaban J connectivity index is 1.75. The van der Waals surface area contributed by atoms with E-state index >= 15 is 0 Å². The minimum Gasteiger partial charge on any atom is -0.619 e. The molecule has 7 nitrogen and oxygen atoms in total. The molecule has 2 aromatic carbocycles. The van der Waals surface area contributed by atoms with Gasteiger partial charge < -0.3 is 10.5 Å². The Labute approximate surface area is 184 Å². The Kier molecular flexibility index (Phi) is 6.81. The van der Waals surface area contributed by atoms with Gasteiger partial charge in [0.05, 0.1) is 12.6 Å². The molecule has 0 fully saturated rings. The van der Waals surface area contributed by atoms with Crippen LogP contribution in [-0.4, -0.2) is 28.1 Å². The van der Waals surface area contributed by atoms with Crippen molar-refractivity contribution in [3.8, 4) is 0 Å². The van der Waals surface area contributed by atoms with Crippen molar-refractivity contribution in [2.45, 2.75) is 39.2 Å². The summed E-state index contributed by atoms with van der Waals surface area (Å²) in [6, 6.07) is 12.2. The molecule has 3 aromatic rings. The van der Waals surface area contributed by atoms with Crippen LogP contribution in [0.3, 0.4) is 0 Å². The van der Waals surface area contributed by atoms with E-state index in [4.69, 9.17) is 0 Å². The van der Waals surface area contributed by atoms with Crippen LogP contribution in [0, 0.1) is 16.8 Å². The third-order valence-corrected chi connectivity index (χ3v) is 5.43. The van der Waals surface area contributed by atoms with Gasteiger partial charge in [-0.05, 0) is 30.9 Å². The van der Waals surface area contributed by atoms with Gasteiger partial charge >= 0.3 is 5.91 Å². The first-order valence-electron chi connectivity index (χ1n) is 10.1. The minimum absolute atomic E-state index is 0.187. The Morgan fingerprint density at radius 3 is 2.44 bits per heavy atom. The van der Waals surface area contributed by atoms with Crippen molar-refractivity contribution in [3.05, 3.63) is 82.7 Å².